The Bertz CT molecular complexity index is 895. The highest BCUT2D eigenvalue weighted by atomic mass is 35.5. The zero-order valence-electron chi connectivity index (χ0n) is 15.0. The Balaban J connectivity index is 1.63. The van der Waals surface area contributed by atoms with Gasteiger partial charge >= 0.3 is 0 Å². The minimum Gasteiger partial charge on any atom is -0.497 e. The lowest BCUT2D eigenvalue weighted by Gasteiger charge is -2.19. The number of nitrogens with zero attached hydrogens (tertiary/aromatic N) is 4. The maximum atomic E-state index is 12.6. The van der Waals surface area contributed by atoms with Gasteiger partial charge in [0.05, 0.1) is 23.7 Å². The predicted octanol–water partition coefficient (Wildman–Crippen LogP) is 4.13. The van der Waals surface area contributed by atoms with Crippen LogP contribution in [0, 0.1) is 0 Å². The molecular formula is C18H19ClN4O2S2. The van der Waals surface area contributed by atoms with Gasteiger partial charge in [-0.25, -0.2) is 0 Å². The van der Waals surface area contributed by atoms with E-state index in [4.69, 9.17) is 16.3 Å². The van der Waals surface area contributed by atoms with Gasteiger partial charge in [-0.3, -0.25) is 9.36 Å². The molecule has 0 aliphatic carbocycles. The van der Waals surface area contributed by atoms with Crippen molar-refractivity contribution in [1.29, 1.82) is 0 Å². The summed E-state index contributed by atoms with van der Waals surface area (Å²) < 4.78 is 7.77. The van der Waals surface area contributed by atoms with Crippen LogP contribution in [0.1, 0.15) is 11.8 Å². The van der Waals surface area contributed by atoms with E-state index in [1.54, 1.807) is 13.4 Å². The molecule has 6 nitrogen and oxygen atoms in total. The number of carbonyl (C=O) groups excluding carboxylic acids is 1. The second-order valence-corrected chi connectivity index (χ2v) is 8.33. The Morgan fingerprint density at radius 2 is 2.07 bits per heavy atom. The van der Waals surface area contributed by atoms with Crippen molar-refractivity contribution in [3.63, 3.8) is 0 Å². The minimum absolute atomic E-state index is 0.0521. The van der Waals surface area contributed by atoms with E-state index < -0.39 is 0 Å². The number of methoxy groups -OCH3 is 1. The number of thiophene rings is 1. The summed E-state index contributed by atoms with van der Waals surface area (Å²) in [5.74, 6) is 1.13. The molecular weight excluding hydrogens is 404 g/mol. The van der Waals surface area contributed by atoms with Crippen molar-refractivity contribution in [2.45, 2.75) is 18.6 Å². The van der Waals surface area contributed by atoms with E-state index in [0.717, 1.165) is 20.7 Å². The largest absolute Gasteiger partial charge is 0.497 e. The van der Waals surface area contributed by atoms with Gasteiger partial charge in [0.2, 0.25) is 5.91 Å². The molecule has 0 unspecified atom stereocenters. The summed E-state index contributed by atoms with van der Waals surface area (Å²) in [5.41, 5.74) is 0.913. The maximum Gasteiger partial charge on any atom is 0.233 e. The van der Waals surface area contributed by atoms with Crippen LogP contribution >= 0.6 is 34.7 Å². The molecule has 0 saturated heterocycles. The monoisotopic (exact) mass is 422 g/mol. The fourth-order valence-electron chi connectivity index (χ4n) is 2.46. The van der Waals surface area contributed by atoms with Crippen molar-refractivity contribution >= 4 is 40.6 Å². The Morgan fingerprint density at radius 1 is 1.30 bits per heavy atom. The summed E-state index contributed by atoms with van der Waals surface area (Å²) in [6.07, 6.45) is 1.64. The molecule has 0 radical (unpaired) electrons. The van der Waals surface area contributed by atoms with Crippen molar-refractivity contribution in [2.24, 2.45) is 0 Å². The number of carbonyl (C=O) groups is 1. The van der Waals surface area contributed by atoms with Crippen LogP contribution in [-0.2, 0) is 11.3 Å². The molecule has 2 aromatic heterocycles. The van der Waals surface area contributed by atoms with Crippen LogP contribution in [0.4, 0.5) is 0 Å². The molecule has 3 aromatic rings. The summed E-state index contributed by atoms with van der Waals surface area (Å²) in [6.45, 7) is 3.18. The number of rotatable bonds is 8. The number of halogens is 1. The number of ether oxygens (including phenoxy) is 1. The third-order valence-corrected chi connectivity index (χ3v) is 6.05. The number of amides is 1. The second kappa shape index (κ2) is 9.25. The molecule has 1 amide bonds. The highest BCUT2D eigenvalue weighted by Crippen LogP contribution is 2.24. The molecule has 2 heterocycles. The van der Waals surface area contributed by atoms with Crippen LogP contribution in [0.5, 0.6) is 5.75 Å². The van der Waals surface area contributed by atoms with Crippen molar-refractivity contribution in [3.05, 3.63) is 51.9 Å². The molecule has 3 rings (SSSR count). The minimum atomic E-state index is 0.0521. The molecule has 9 heteroatoms. The number of hydrogen-bond acceptors (Lipinski definition) is 6. The summed E-state index contributed by atoms with van der Waals surface area (Å²) >= 11 is 8.84. The molecule has 0 aliphatic rings. The van der Waals surface area contributed by atoms with Gasteiger partial charge in [0, 0.05) is 17.1 Å². The van der Waals surface area contributed by atoms with Gasteiger partial charge in [0.25, 0.3) is 0 Å². The van der Waals surface area contributed by atoms with Crippen molar-refractivity contribution in [3.8, 4) is 11.4 Å². The van der Waals surface area contributed by atoms with Gasteiger partial charge in [-0.2, -0.15) is 0 Å². The van der Waals surface area contributed by atoms with E-state index in [-0.39, 0.29) is 5.91 Å². The van der Waals surface area contributed by atoms with Gasteiger partial charge in [-0.1, -0.05) is 23.4 Å². The first-order chi connectivity index (χ1) is 13.1. The highest BCUT2D eigenvalue weighted by molar-refractivity contribution is 7.99. The molecule has 0 aliphatic heterocycles. The van der Waals surface area contributed by atoms with Gasteiger partial charge in [0.1, 0.15) is 12.1 Å². The lowest BCUT2D eigenvalue weighted by Crippen LogP contribution is -2.31. The van der Waals surface area contributed by atoms with Crippen molar-refractivity contribution < 1.29 is 9.53 Å². The summed E-state index contributed by atoms with van der Waals surface area (Å²) in [6, 6.07) is 11.4. The van der Waals surface area contributed by atoms with Crippen molar-refractivity contribution in [1.82, 2.24) is 19.7 Å². The first-order valence-corrected chi connectivity index (χ1v) is 10.5. The van der Waals surface area contributed by atoms with E-state index in [1.807, 2.05) is 52.8 Å². The van der Waals surface area contributed by atoms with Crippen LogP contribution in [0.15, 0.2) is 47.9 Å². The van der Waals surface area contributed by atoms with Gasteiger partial charge in [-0.15, -0.1) is 21.5 Å². The molecule has 0 atom stereocenters. The van der Waals surface area contributed by atoms with E-state index in [2.05, 4.69) is 10.2 Å². The molecule has 27 heavy (non-hydrogen) atoms. The van der Waals surface area contributed by atoms with Gasteiger partial charge in [0.15, 0.2) is 5.16 Å². The van der Waals surface area contributed by atoms with Crippen LogP contribution in [0.3, 0.4) is 0 Å². The van der Waals surface area contributed by atoms with Gasteiger partial charge < -0.3 is 9.64 Å². The van der Waals surface area contributed by atoms with Crippen LogP contribution in [0.25, 0.3) is 5.69 Å². The quantitative estimate of drug-likeness (QED) is 0.511. The number of hydrogen-bond donors (Lipinski definition) is 0. The van der Waals surface area contributed by atoms with E-state index in [9.17, 15) is 4.79 Å². The van der Waals surface area contributed by atoms with E-state index in [0.29, 0.717) is 24.0 Å². The Morgan fingerprint density at radius 3 is 2.70 bits per heavy atom. The molecule has 1 aromatic carbocycles. The average molecular weight is 423 g/mol. The lowest BCUT2D eigenvalue weighted by atomic mass is 10.3. The predicted molar refractivity (Wildman–Crippen MR) is 109 cm³/mol. The fourth-order valence-corrected chi connectivity index (χ4v) is 4.40. The average Bonchev–Trinajstić information content (AvgIpc) is 3.33. The normalized spacial score (nSPS) is 10.8. The molecule has 0 saturated carbocycles. The highest BCUT2D eigenvalue weighted by Gasteiger charge is 2.16. The number of benzene rings is 1. The van der Waals surface area contributed by atoms with Crippen molar-refractivity contribution in [2.75, 3.05) is 19.4 Å². The topological polar surface area (TPSA) is 60.2 Å². The molecule has 142 valence electrons. The molecule has 0 fully saturated rings. The zero-order chi connectivity index (χ0) is 19.2. The number of thioether (sulfide) groups is 1. The smallest absolute Gasteiger partial charge is 0.233 e. The first kappa shape index (κ1) is 19.7. The molecule has 0 spiro atoms. The second-order valence-electron chi connectivity index (χ2n) is 5.58. The Kier molecular flexibility index (Phi) is 6.76. The fraction of sp³-hybridized carbons (Fsp3) is 0.278. The Labute approximate surface area is 171 Å². The zero-order valence-corrected chi connectivity index (χ0v) is 17.4. The Hall–Kier alpha value is -2.03. The van der Waals surface area contributed by atoms with Crippen LogP contribution in [-0.4, -0.2) is 45.0 Å². The van der Waals surface area contributed by atoms with E-state index in [1.165, 1.54) is 23.1 Å². The third-order valence-electron chi connectivity index (χ3n) is 3.90. The third kappa shape index (κ3) is 5.03. The maximum absolute atomic E-state index is 12.6. The van der Waals surface area contributed by atoms with Crippen LogP contribution < -0.4 is 4.74 Å². The SMILES string of the molecule is CCN(Cc1ccc(Cl)s1)C(=O)CSc1nncn1-c1ccc(OC)cc1. The summed E-state index contributed by atoms with van der Waals surface area (Å²) in [4.78, 5) is 15.5. The lowest BCUT2D eigenvalue weighted by molar-refractivity contribution is -0.128. The summed E-state index contributed by atoms with van der Waals surface area (Å²) in [5, 5.41) is 8.79. The summed E-state index contributed by atoms with van der Waals surface area (Å²) in [7, 11) is 1.63. The van der Waals surface area contributed by atoms with Crippen LogP contribution in [0.2, 0.25) is 4.34 Å². The standard InChI is InChI=1S/C18H19ClN4O2S2/c1-3-22(10-15-8-9-16(19)27-15)17(24)11-26-18-21-20-12-23(18)13-4-6-14(25-2)7-5-13/h4-9,12H,3,10-11H2,1-2H3. The molecule has 0 N–H and O–H groups in total. The van der Waals surface area contributed by atoms with Gasteiger partial charge in [-0.05, 0) is 43.3 Å². The molecule has 0 bridgehead atoms. The first-order valence-electron chi connectivity index (χ1n) is 8.30. The van der Waals surface area contributed by atoms with E-state index >= 15 is 0 Å². The number of aromatic nitrogens is 3.